The first-order valence-electron chi connectivity index (χ1n) is 8.39. The first-order valence-corrected chi connectivity index (χ1v) is 8.39. The zero-order valence-electron chi connectivity index (χ0n) is 15.8. The zero-order chi connectivity index (χ0) is 19.3. The molecule has 2 aromatic heterocycles. The molecule has 7 heteroatoms. The lowest BCUT2D eigenvalue weighted by Gasteiger charge is -2.16. The monoisotopic (exact) mass is 354 g/mol. The summed E-state index contributed by atoms with van der Waals surface area (Å²) < 4.78 is 3.89. The second-order valence-corrected chi connectivity index (χ2v) is 6.82. The maximum Gasteiger partial charge on any atom is 0.332 e. The molecule has 1 atom stereocenters. The number of hydrogen-bond donors (Lipinski definition) is 0. The Morgan fingerprint density at radius 2 is 1.62 bits per heavy atom. The third kappa shape index (κ3) is 2.51. The normalized spacial score (nSPS) is 12.5. The van der Waals surface area contributed by atoms with Gasteiger partial charge in [0.15, 0.2) is 16.9 Å². The van der Waals surface area contributed by atoms with Crippen molar-refractivity contribution < 1.29 is 4.79 Å². The van der Waals surface area contributed by atoms with Crippen LogP contribution >= 0.6 is 0 Å². The Labute approximate surface area is 150 Å². The van der Waals surface area contributed by atoms with Crippen LogP contribution < -0.4 is 11.2 Å². The van der Waals surface area contributed by atoms with E-state index >= 15 is 0 Å². The molecule has 0 saturated heterocycles. The number of carbonyl (C=O) groups excluding carboxylic acids is 1. The molecule has 0 aliphatic carbocycles. The van der Waals surface area contributed by atoms with Gasteiger partial charge in [-0.2, -0.15) is 0 Å². The molecule has 1 unspecified atom stereocenters. The second kappa shape index (κ2) is 6.09. The number of nitrogens with zero attached hydrogens (tertiary/aromatic N) is 4. The summed E-state index contributed by atoms with van der Waals surface area (Å²) in [4.78, 5) is 41.9. The van der Waals surface area contributed by atoms with Gasteiger partial charge in [-0.3, -0.25) is 18.7 Å². The Morgan fingerprint density at radius 1 is 1.00 bits per heavy atom. The Morgan fingerprint density at radius 3 is 2.27 bits per heavy atom. The van der Waals surface area contributed by atoms with Crippen LogP contribution in [0.15, 0.2) is 28.0 Å². The van der Waals surface area contributed by atoms with E-state index in [1.54, 1.807) is 18.5 Å². The largest absolute Gasteiger partial charge is 0.332 e. The van der Waals surface area contributed by atoms with Crippen LogP contribution in [0.2, 0.25) is 0 Å². The lowest BCUT2D eigenvalue weighted by atomic mass is 9.95. The lowest BCUT2D eigenvalue weighted by Crippen LogP contribution is -2.38. The van der Waals surface area contributed by atoms with Gasteiger partial charge < -0.3 is 4.57 Å². The summed E-state index contributed by atoms with van der Waals surface area (Å²) in [5.74, 6) is -0.0965. The molecule has 7 nitrogen and oxygen atoms in total. The fourth-order valence-corrected chi connectivity index (χ4v) is 3.24. The maximum absolute atomic E-state index is 13.1. The third-order valence-corrected chi connectivity index (χ3v) is 5.08. The highest BCUT2D eigenvalue weighted by Gasteiger charge is 2.24. The lowest BCUT2D eigenvalue weighted by molar-refractivity contribution is 0.0936. The van der Waals surface area contributed by atoms with E-state index in [4.69, 9.17) is 0 Å². The number of Topliss-reactive ketones (excluding diaryl/α,β-unsaturated/α-hetero) is 1. The summed E-state index contributed by atoms with van der Waals surface area (Å²) in [5, 5.41) is 0. The van der Waals surface area contributed by atoms with Gasteiger partial charge in [-0.25, -0.2) is 9.78 Å². The minimum Gasteiger partial charge on any atom is -0.314 e. The van der Waals surface area contributed by atoms with Crippen molar-refractivity contribution in [1.29, 1.82) is 0 Å². The number of fused-ring (bicyclic) bond motifs is 1. The minimum atomic E-state index is -0.619. The van der Waals surface area contributed by atoms with Gasteiger partial charge in [0, 0.05) is 19.7 Å². The number of aromatic nitrogens is 4. The number of rotatable bonds is 3. The maximum atomic E-state index is 13.1. The van der Waals surface area contributed by atoms with Crippen LogP contribution in [-0.2, 0) is 14.1 Å². The van der Waals surface area contributed by atoms with E-state index in [-0.39, 0.29) is 16.9 Å². The predicted octanol–water partition coefficient (Wildman–Crippen LogP) is 1.80. The predicted molar refractivity (Wildman–Crippen MR) is 99.9 cm³/mol. The average molecular weight is 354 g/mol. The highest BCUT2D eigenvalue weighted by molar-refractivity contribution is 6.01. The van der Waals surface area contributed by atoms with Gasteiger partial charge in [0.05, 0.1) is 12.4 Å². The number of hydrogen-bond acceptors (Lipinski definition) is 4. The quantitative estimate of drug-likeness (QED) is 0.672. The fourth-order valence-electron chi connectivity index (χ4n) is 3.24. The SMILES string of the molecule is Cc1cc(C)c(C(=O)C(C)n2cnc3c2c(=O)n(C)c(=O)n3C)cc1C. The van der Waals surface area contributed by atoms with Crippen LogP contribution in [0.3, 0.4) is 0 Å². The molecule has 0 spiro atoms. The van der Waals surface area contributed by atoms with Crippen molar-refractivity contribution in [2.24, 2.45) is 14.1 Å². The Bertz CT molecular complexity index is 1160. The van der Waals surface area contributed by atoms with Crippen LogP contribution in [0.25, 0.3) is 11.2 Å². The van der Waals surface area contributed by atoms with Gasteiger partial charge >= 0.3 is 5.69 Å². The first kappa shape index (κ1) is 17.8. The van der Waals surface area contributed by atoms with Gasteiger partial charge in [0.2, 0.25) is 0 Å². The summed E-state index contributed by atoms with van der Waals surface area (Å²) >= 11 is 0. The van der Waals surface area contributed by atoms with Gasteiger partial charge in [0.1, 0.15) is 0 Å². The van der Waals surface area contributed by atoms with Crippen LogP contribution in [0, 0.1) is 20.8 Å². The van der Waals surface area contributed by atoms with Gasteiger partial charge in [-0.1, -0.05) is 6.07 Å². The molecule has 0 amide bonds. The number of ketones is 1. The molecule has 0 saturated carbocycles. The van der Waals surface area contributed by atoms with E-state index in [9.17, 15) is 14.4 Å². The topological polar surface area (TPSA) is 78.9 Å². The molecule has 0 bridgehead atoms. The van der Waals surface area contributed by atoms with Crippen molar-refractivity contribution in [1.82, 2.24) is 18.7 Å². The minimum absolute atomic E-state index is 0.0965. The standard InChI is InChI=1S/C19H22N4O3/c1-10-7-12(3)14(8-11(10)2)16(24)13(4)23-9-20-17-15(23)18(25)22(6)19(26)21(17)5/h7-9,13H,1-6H3. The third-order valence-electron chi connectivity index (χ3n) is 5.08. The van der Waals surface area contributed by atoms with Crippen LogP contribution in [0.4, 0.5) is 0 Å². The molecule has 0 fully saturated rings. The second-order valence-electron chi connectivity index (χ2n) is 6.82. The zero-order valence-corrected chi connectivity index (χ0v) is 15.8. The number of aryl methyl sites for hydroxylation is 4. The molecular weight excluding hydrogens is 332 g/mol. The van der Waals surface area contributed by atoms with Crippen LogP contribution in [0.1, 0.15) is 40.0 Å². The molecule has 0 radical (unpaired) electrons. The Kier molecular flexibility index (Phi) is 4.18. The molecule has 1 aromatic carbocycles. The Hall–Kier alpha value is -2.96. The molecular formula is C19H22N4O3. The summed E-state index contributed by atoms with van der Waals surface area (Å²) in [6.07, 6.45) is 1.45. The highest BCUT2D eigenvalue weighted by atomic mass is 16.2. The molecule has 26 heavy (non-hydrogen) atoms. The highest BCUT2D eigenvalue weighted by Crippen LogP contribution is 2.22. The van der Waals surface area contributed by atoms with Gasteiger partial charge in [-0.15, -0.1) is 0 Å². The van der Waals surface area contributed by atoms with E-state index in [1.807, 2.05) is 32.9 Å². The van der Waals surface area contributed by atoms with Crippen molar-refractivity contribution in [2.45, 2.75) is 33.7 Å². The fraction of sp³-hybridized carbons (Fsp3) is 0.368. The van der Waals surface area contributed by atoms with E-state index in [2.05, 4.69) is 4.98 Å². The molecule has 0 aliphatic heterocycles. The summed E-state index contributed by atoms with van der Waals surface area (Å²) in [6, 6.07) is 3.26. The van der Waals surface area contributed by atoms with Crippen molar-refractivity contribution in [3.63, 3.8) is 0 Å². The summed E-state index contributed by atoms with van der Waals surface area (Å²) in [5.41, 5.74) is 3.31. The van der Waals surface area contributed by atoms with Crippen molar-refractivity contribution in [3.8, 4) is 0 Å². The molecule has 0 aliphatic rings. The van der Waals surface area contributed by atoms with Crippen molar-refractivity contribution in [3.05, 3.63) is 61.6 Å². The van der Waals surface area contributed by atoms with Crippen molar-refractivity contribution in [2.75, 3.05) is 0 Å². The molecule has 3 rings (SSSR count). The average Bonchev–Trinajstić information content (AvgIpc) is 3.05. The summed E-state index contributed by atoms with van der Waals surface area (Å²) in [7, 11) is 2.98. The van der Waals surface area contributed by atoms with E-state index in [0.717, 1.165) is 21.3 Å². The van der Waals surface area contributed by atoms with E-state index in [0.29, 0.717) is 5.56 Å². The molecule has 3 aromatic rings. The van der Waals surface area contributed by atoms with Crippen LogP contribution in [0.5, 0.6) is 0 Å². The molecule has 0 N–H and O–H groups in total. The molecule has 2 heterocycles. The first-order chi connectivity index (χ1) is 12.1. The van der Waals surface area contributed by atoms with E-state index in [1.165, 1.54) is 17.9 Å². The van der Waals surface area contributed by atoms with Crippen molar-refractivity contribution >= 4 is 16.9 Å². The number of benzene rings is 1. The number of carbonyl (C=O) groups is 1. The Balaban J connectivity index is 2.19. The number of imidazole rings is 1. The summed E-state index contributed by atoms with van der Waals surface area (Å²) in [6.45, 7) is 7.62. The van der Waals surface area contributed by atoms with Gasteiger partial charge in [0.25, 0.3) is 5.56 Å². The van der Waals surface area contributed by atoms with Gasteiger partial charge in [-0.05, 0) is 50.5 Å². The smallest absolute Gasteiger partial charge is 0.314 e. The van der Waals surface area contributed by atoms with E-state index < -0.39 is 17.3 Å². The molecule has 136 valence electrons. The van der Waals surface area contributed by atoms with Crippen LogP contribution in [-0.4, -0.2) is 24.5 Å².